The quantitative estimate of drug-likeness (QED) is 0.769. The minimum absolute atomic E-state index is 0.0317. The molecule has 5 heteroatoms. The van der Waals surface area contributed by atoms with Crippen LogP contribution in [-0.2, 0) is 4.74 Å². The maximum atomic E-state index is 13.5. The number of carbonyl (C=O) groups is 1. The molecule has 2 aromatic carbocycles. The average molecular weight is 302 g/mol. The number of anilines is 2. The number of halogens is 1. The summed E-state index contributed by atoms with van der Waals surface area (Å²) in [7, 11) is 1.67. The third-order valence-electron chi connectivity index (χ3n) is 3.12. The molecule has 1 amide bonds. The Bertz CT molecular complexity index is 614. The lowest BCUT2D eigenvalue weighted by Gasteiger charge is -2.09. The van der Waals surface area contributed by atoms with E-state index in [1.807, 2.05) is 12.1 Å². The molecule has 22 heavy (non-hydrogen) atoms. The third-order valence-corrected chi connectivity index (χ3v) is 3.12. The van der Waals surface area contributed by atoms with Crippen molar-refractivity contribution in [2.45, 2.75) is 6.42 Å². The first-order valence-corrected chi connectivity index (χ1v) is 7.09. The molecule has 0 atom stereocenters. The van der Waals surface area contributed by atoms with Crippen LogP contribution in [0.4, 0.5) is 15.8 Å². The minimum atomic E-state index is -0.531. The van der Waals surface area contributed by atoms with Crippen molar-refractivity contribution < 1.29 is 13.9 Å². The summed E-state index contributed by atoms with van der Waals surface area (Å²) < 4.78 is 18.5. The summed E-state index contributed by atoms with van der Waals surface area (Å²) in [6.07, 6.45) is 0.919. The third kappa shape index (κ3) is 4.56. The van der Waals surface area contributed by atoms with E-state index in [-0.39, 0.29) is 5.56 Å². The molecule has 0 unspecified atom stereocenters. The number of carbonyl (C=O) groups excluding carboxylic acids is 1. The number of nitrogens with one attached hydrogen (secondary N) is 2. The van der Waals surface area contributed by atoms with Crippen LogP contribution in [0.3, 0.4) is 0 Å². The number of methoxy groups -OCH3 is 1. The molecule has 0 spiro atoms. The molecule has 0 radical (unpaired) electrons. The van der Waals surface area contributed by atoms with E-state index in [4.69, 9.17) is 4.74 Å². The molecule has 0 aliphatic heterocycles. The first kappa shape index (κ1) is 16.0. The largest absolute Gasteiger partial charge is 0.385 e. The van der Waals surface area contributed by atoms with E-state index < -0.39 is 11.7 Å². The summed E-state index contributed by atoms with van der Waals surface area (Å²) in [5.74, 6) is -0.990. The van der Waals surface area contributed by atoms with Crippen LogP contribution >= 0.6 is 0 Å². The average Bonchev–Trinajstić information content (AvgIpc) is 2.53. The van der Waals surface area contributed by atoms with E-state index in [0.29, 0.717) is 12.3 Å². The smallest absolute Gasteiger partial charge is 0.258 e. The van der Waals surface area contributed by atoms with Gasteiger partial charge in [-0.15, -0.1) is 0 Å². The summed E-state index contributed by atoms with van der Waals surface area (Å²) in [6.45, 7) is 1.53. The van der Waals surface area contributed by atoms with Crippen LogP contribution in [0.15, 0.2) is 48.5 Å². The van der Waals surface area contributed by atoms with Crippen LogP contribution in [0.2, 0.25) is 0 Å². The van der Waals surface area contributed by atoms with Crippen molar-refractivity contribution in [3.8, 4) is 0 Å². The summed E-state index contributed by atoms with van der Waals surface area (Å²) in [5, 5.41) is 5.92. The molecule has 0 aliphatic rings. The number of amides is 1. The van der Waals surface area contributed by atoms with Gasteiger partial charge in [0.05, 0.1) is 5.56 Å². The van der Waals surface area contributed by atoms with Gasteiger partial charge >= 0.3 is 0 Å². The van der Waals surface area contributed by atoms with Gasteiger partial charge in [-0.05, 0) is 42.8 Å². The van der Waals surface area contributed by atoms with E-state index >= 15 is 0 Å². The van der Waals surface area contributed by atoms with Gasteiger partial charge < -0.3 is 15.4 Å². The Morgan fingerprint density at radius 1 is 1.09 bits per heavy atom. The second-order valence-corrected chi connectivity index (χ2v) is 4.78. The Hall–Kier alpha value is -2.40. The standard InChI is InChI=1S/C17H19FN2O2/c1-22-12-4-11-19-13-7-9-14(10-8-13)20-17(21)15-5-2-3-6-16(15)18/h2-3,5-10,19H,4,11-12H2,1H3,(H,20,21). The molecule has 0 aromatic heterocycles. The topological polar surface area (TPSA) is 50.4 Å². The van der Waals surface area contributed by atoms with Gasteiger partial charge in [0.2, 0.25) is 0 Å². The molecular formula is C17H19FN2O2. The van der Waals surface area contributed by atoms with E-state index in [1.54, 1.807) is 31.4 Å². The van der Waals surface area contributed by atoms with Crippen LogP contribution in [0.1, 0.15) is 16.8 Å². The van der Waals surface area contributed by atoms with E-state index in [2.05, 4.69) is 10.6 Å². The second-order valence-electron chi connectivity index (χ2n) is 4.78. The van der Waals surface area contributed by atoms with Crippen molar-refractivity contribution in [2.24, 2.45) is 0 Å². The lowest BCUT2D eigenvalue weighted by Crippen LogP contribution is -2.13. The summed E-state index contributed by atoms with van der Waals surface area (Å²) in [5.41, 5.74) is 1.61. The fraction of sp³-hybridized carbons (Fsp3) is 0.235. The maximum Gasteiger partial charge on any atom is 0.258 e. The van der Waals surface area contributed by atoms with Gasteiger partial charge in [-0.1, -0.05) is 12.1 Å². The highest BCUT2D eigenvalue weighted by molar-refractivity contribution is 6.04. The Morgan fingerprint density at radius 2 is 1.77 bits per heavy atom. The Labute approximate surface area is 129 Å². The van der Waals surface area contributed by atoms with Gasteiger partial charge in [-0.2, -0.15) is 0 Å². The van der Waals surface area contributed by atoms with Crippen molar-refractivity contribution in [1.82, 2.24) is 0 Å². The molecule has 0 saturated carbocycles. The highest BCUT2D eigenvalue weighted by atomic mass is 19.1. The molecule has 2 N–H and O–H groups in total. The van der Waals surface area contributed by atoms with E-state index in [1.165, 1.54) is 12.1 Å². The minimum Gasteiger partial charge on any atom is -0.385 e. The monoisotopic (exact) mass is 302 g/mol. The fourth-order valence-corrected chi connectivity index (χ4v) is 1.96. The number of hydrogen-bond acceptors (Lipinski definition) is 3. The lowest BCUT2D eigenvalue weighted by atomic mass is 10.2. The van der Waals surface area contributed by atoms with Crippen LogP contribution in [-0.4, -0.2) is 26.2 Å². The van der Waals surface area contributed by atoms with Crippen molar-refractivity contribution in [2.75, 3.05) is 30.9 Å². The molecule has 0 bridgehead atoms. The molecule has 116 valence electrons. The van der Waals surface area contributed by atoms with Gasteiger partial charge in [-0.3, -0.25) is 4.79 Å². The zero-order chi connectivity index (χ0) is 15.8. The SMILES string of the molecule is COCCCNc1ccc(NC(=O)c2ccccc2F)cc1. The number of benzene rings is 2. The highest BCUT2D eigenvalue weighted by Crippen LogP contribution is 2.15. The fourth-order valence-electron chi connectivity index (χ4n) is 1.96. The van der Waals surface area contributed by atoms with Crippen molar-refractivity contribution >= 4 is 17.3 Å². The van der Waals surface area contributed by atoms with Gasteiger partial charge in [0.15, 0.2) is 0 Å². The molecule has 0 heterocycles. The maximum absolute atomic E-state index is 13.5. The first-order chi connectivity index (χ1) is 10.7. The summed E-state index contributed by atoms with van der Waals surface area (Å²) in [6, 6.07) is 13.2. The summed E-state index contributed by atoms with van der Waals surface area (Å²) in [4.78, 5) is 12.0. The lowest BCUT2D eigenvalue weighted by molar-refractivity contribution is 0.102. The number of ether oxygens (including phenoxy) is 1. The van der Waals surface area contributed by atoms with Crippen molar-refractivity contribution in [3.63, 3.8) is 0 Å². The zero-order valence-electron chi connectivity index (χ0n) is 12.4. The van der Waals surface area contributed by atoms with Gasteiger partial charge in [0.1, 0.15) is 5.82 Å². The predicted octanol–water partition coefficient (Wildman–Crippen LogP) is 3.53. The van der Waals surface area contributed by atoms with Gasteiger partial charge in [0.25, 0.3) is 5.91 Å². The Morgan fingerprint density at radius 3 is 2.45 bits per heavy atom. The van der Waals surface area contributed by atoms with Gasteiger partial charge in [0, 0.05) is 31.6 Å². The predicted molar refractivity (Wildman–Crippen MR) is 85.8 cm³/mol. The first-order valence-electron chi connectivity index (χ1n) is 7.09. The Balaban J connectivity index is 1.91. The Kier molecular flexibility index (Phi) is 5.91. The second kappa shape index (κ2) is 8.14. The van der Waals surface area contributed by atoms with Gasteiger partial charge in [-0.25, -0.2) is 4.39 Å². The van der Waals surface area contributed by atoms with Crippen molar-refractivity contribution in [1.29, 1.82) is 0 Å². The van der Waals surface area contributed by atoms with Crippen LogP contribution in [0.5, 0.6) is 0 Å². The highest BCUT2D eigenvalue weighted by Gasteiger charge is 2.10. The van der Waals surface area contributed by atoms with Crippen LogP contribution in [0, 0.1) is 5.82 Å². The molecule has 0 fully saturated rings. The molecule has 2 rings (SSSR count). The molecule has 0 aliphatic carbocycles. The van der Waals surface area contributed by atoms with E-state index in [0.717, 1.165) is 18.7 Å². The van der Waals surface area contributed by atoms with Crippen molar-refractivity contribution in [3.05, 3.63) is 59.9 Å². The molecule has 4 nitrogen and oxygen atoms in total. The summed E-state index contributed by atoms with van der Waals surface area (Å²) >= 11 is 0. The molecule has 2 aromatic rings. The molecular weight excluding hydrogens is 283 g/mol. The van der Waals surface area contributed by atoms with Crippen LogP contribution < -0.4 is 10.6 Å². The molecule has 0 saturated heterocycles. The normalized spacial score (nSPS) is 10.3. The zero-order valence-corrected chi connectivity index (χ0v) is 12.4. The van der Waals surface area contributed by atoms with Crippen LogP contribution in [0.25, 0.3) is 0 Å². The number of rotatable bonds is 7. The number of hydrogen-bond donors (Lipinski definition) is 2. The van der Waals surface area contributed by atoms with E-state index in [9.17, 15) is 9.18 Å².